The summed E-state index contributed by atoms with van der Waals surface area (Å²) in [6, 6.07) is 7.72. The van der Waals surface area contributed by atoms with Gasteiger partial charge in [0.25, 0.3) is 0 Å². The quantitative estimate of drug-likeness (QED) is 0.0677. The lowest BCUT2D eigenvalue weighted by Crippen LogP contribution is -2.57. The summed E-state index contributed by atoms with van der Waals surface area (Å²) in [5.74, 6) is -4.24. The van der Waals surface area contributed by atoms with Crippen LogP contribution in [0.2, 0.25) is 0 Å². The number of pyridine rings is 1. The number of benzene rings is 2. The maximum absolute atomic E-state index is 15.6. The average Bonchev–Trinajstić information content (AvgIpc) is 3.16. The van der Waals surface area contributed by atoms with Crippen LogP contribution in [0.1, 0.15) is 63.6 Å². The molecule has 4 N–H and O–H groups in total. The van der Waals surface area contributed by atoms with E-state index in [4.69, 9.17) is 18.9 Å². The van der Waals surface area contributed by atoms with E-state index in [1.54, 1.807) is 26.1 Å². The molecule has 0 aliphatic carbocycles. The number of carbonyl (C=O) groups is 3. The van der Waals surface area contributed by atoms with Crippen molar-refractivity contribution in [2.45, 2.75) is 89.8 Å². The summed E-state index contributed by atoms with van der Waals surface area (Å²) >= 11 is 0. The first-order valence-electron chi connectivity index (χ1n) is 18.9. The third kappa shape index (κ3) is 14.5. The van der Waals surface area contributed by atoms with E-state index in [1.807, 2.05) is 13.8 Å². The number of aromatic nitrogens is 1. The first kappa shape index (κ1) is 47.4. The number of alkyl carbamates (subject to hydrolysis) is 2. The van der Waals surface area contributed by atoms with Crippen LogP contribution in [-0.2, 0) is 30.2 Å². The molecule has 1 aliphatic rings. The van der Waals surface area contributed by atoms with Gasteiger partial charge in [0.2, 0.25) is 12.3 Å². The zero-order valence-corrected chi connectivity index (χ0v) is 33.7. The molecule has 2 aromatic carbocycles. The van der Waals surface area contributed by atoms with Crippen molar-refractivity contribution >= 4 is 23.8 Å². The number of halogens is 6. The van der Waals surface area contributed by atoms with Crippen molar-refractivity contribution in [1.29, 1.82) is 0 Å². The molecule has 3 amide bonds. The Balaban J connectivity index is 1.59. The number of hydrogen-bond acceptors (Lipinski definition) is 10. The van der Waals surface area contributed by atoms with Crippen molar-refractivity contribution in [3.05, 3.63) is 107 Å². The van der Waals surface area contributed by atoms with E-state index in [1.165, 1.54) is 35.4 Å². The molecule has 4 unspecified atom stereocenters. The summed E-state index contributed by atoms with van der Waals surface area (Å²) in [5, 5.41) is 17.9. The summed E-state index contributed by atoms with van der Waals surface area (Å²) in [6.45, 7) is 10.2. The van der Waals surface area contributed by atoms with Crippen molar-refractivity contribution < 1.29 is 64.8 Å². The number of aliphatic hydroxyl groups is 1. The van der Waals surface area contributed by atoms with Crippen LogP contribution in [0.4, 0.5) is 41.6 Å². The molecule has 60 heavy (non-hydrogen) atoms. The number of anilines is 1. The van der Waals surface area contributed by atoms with E-state index in [-0.39, 0.29) is 55.5 Å². The highest BCUT2D eigenvalue weighted by molar-refractivity contribution is 5.98. The number of carbonyl (C=O) groups excluding carboxylic acids is 3. The molecule has 19 heteroatoms. The van der Waals surface area contributed by atoms with Gasteiger partial charge in [-0.05, 0) is 74.9 Å². The predicted molar refractivity (Wildman–Crippen MR) is 206 cm³/mol. The minimum Gasteiger partial charge on any atom is -0.449 e. The van der Waals surface area contributed by atoms with Crippen LogP contribution in [0.3, 0.4) is 0 Å². The van der Waals surface area contributed by atoms with Crippen LogP contribution < -0.4 is 16.0 Å². The average molecular weight is 854 g/mol. The van der Waals surface area contributed by atoms with E-state index in [0.717, 1.165) is 30.5 Å². The second-order valence-electron chi connectivity index (χ2n) is 15.4. The Morgan fingerprint density at radius 3 is 2.12 bits per heavy atom. The standard InChI is InChI=1S/C41H49F6N5O8/c1-23(2)20-58-38(55)51-35(34(25-7-11-27(42)12-8-25)26-9-13-28(43)14-10-26)36(53)50-32-18-48-17-31(44)30(32)16-15-29-19-52(39(56)60-40(4,5)6)33(21-57-29)24(3)59-37(54)49-22-41(45,46)47/h7-14,17-18,23,29,33-35,39,56H,3,15-16,19-22H2,1-2,4-6H3,(H,49,54)(H,50,53)(H,51,55). The Hall–Kier alpha value is -5.24. The summed E-state index contributed by atoms with van der Waals surface area (Å²) < 4.78 is 104. The molecule has 4 rings (SSSR count). The van der Waals surface area contributed by atoms with E-state index >= 15 is 4.39 Å². The highest BCUT2D eigenvalue weighted by atomic mass is 19.4. The zero-order valence-electron chi connectivity index (χ0n) is 33.7. The van der Waals surface area contributed by atoms with Crippen molar-refractivity contribution in [2.24, 2.45) is 5.92 Å². The molecular weight excluding hydrogens is 804 g/mol. The third-order valence-corrected chi connectivity index (χ3v) is 8.95. The van der Waals surface area contributed by atoms with Gasteiger partial charge in [-0.15, -0.1) is 0 Å². The van der Waals surface area contributed by atoms with E-state index in [9.17, 15) is 41.4 Å². The lowest BCUT2D eigenvalue weighted by molar-refractivity contribution is -0.267. The fourth-order valence-corrected chi connectivity index (χ4v) is 6.18. The molecule has 13 nitrogen and oxygen atoms in total. The highest BCUT2D eigenvalue weighted by Gasteiger charge is 2.39. The maximum atomic E-state index is 15.6. The maximum Gasteiger partial charge on any atom is 0.412 e. The van der Waals surface area contributed by atoms with Gasteiger partial charge in [-0.2, -0.15) is 13.2 Å². The lowest BCUT2D eigenvalue weighted by Gasteiger charge is -2.43. The molecule has 0 radical (unpaired) electrons. The van der Waals surface area contributed by atoms with Crippen molar-refractivity contribution in [3.63, 3.8) is 0 Å². The van der Waals surface area contributed by atoms with Crippen molar-refractivity contribution in [1.82, 2.24) is 20.5 Å². The molecule has 4 atom stereocenters. The number of morpholine rings is 1. The van der Waals surface area contributed by atoms with Crippen LogP contribution in [0, 0.1) is 23.4 Å². The van der Waals surface area contributed by atoms with Crippen LogP contribution in [-0.4, -0.2) is 95.8 Å². The third-order valence-electron chi connectivity index (χ3n) is 8.95. The summed E-state index contributed by atoms with van der Waals surface area (Å²) in [6.07, 6.45) is -7.38. The van der Waals surface area contributed by atoms with Crippen molar-refractivity contribution in [2.75, 3.05) is 31.6 Å². The Bertz CT molecular complexity index is 1880. The van der Waals surface area contributed by atoms with Gasteiger partial charge in [0.05, 0.1) is 49.0 Å². The van der Waals surface area contributed by atoms with Gasteiger partial charge in [-0.25, -0.2) is 27.7 Å². The molecule has 1 aliphatic heterocycles. The monoisotopic (exact) mass is 853 g/mol. The number of hydrogen-bond donors (Lipinski definition) is 4. The largest absolute Gasteiger partial charge is 0.449 e. The second-order valence-corrected chi connectivity index (χ2v) is 15.4. The Kier molecular flexibility index (Phi) is 16.5. The van der Waals surface area contributed by atoms with Gasteiger partial charge >= 0.3 is 18.4 Å². The normalized spacial score (nSPS) is 17.2. The topological polar surface area (TPSA) is 161 Å². The van der Waals surface area contributed by atoms with Gasteiger partial charge in [-0.1, -0.05) is 44.7 Å². The van der Waals surface area contributed by atoms with Crippen molar-refractivity contribution in [3.8, 4) is 0 Å². The Morgan fingerprint density at radius 1 is 0.967 bits per heavy atom. The van der Waals surface area contributed by atoms with Crippen LogP contribution >= 0.6 is 0 Å². The fourth-order valence-electron chi connectivity index (χ4n) is 6.18. The SMILES string of the molecule is C=C(OC(=O)NCC(F)(F)F)C1COC(CCc2c(F)cncc2NC(=O)C(NC(=O)OCC(C)C)C(c2ccc(F)cc2)c2ccc(F)cc2)CN1C(O)OC(C)(C)C. The first-order chi connectivity index (χ1) is 28.1. The van der Waals surface area contributed by atoms with E-state index in [0.29, 0.717) is 11.1 Å². The molecule has 1 saturated heterocycles. The first-order valence-corrected chi connectivity index (χ1v) is 18.9. The Labute approximate surface area is 343 Å². The molecule has 0 spiro atoms. The van der Waals surface area contributed by atoms with Gasteiger partial charge in [0.15, 0.2) is 0 Å². The number of alkyl halides is 3. The van der Waals surface area contributed by atoms with Crippen LogP contribution in [0.25, 0.3) is 0 Å². The molecule has 1 fully saturated rings. The summed E-state index contributed by atoms with van der Waals surface area (Å²) in [7, 11) is 0. The number of aliphatic hydroxyl groups excluding tert-OH is 1. The molecule has 328 valence electrons. The lowest BCUT2D eigenvalue weighted by atomic mass is 9.84. The predicted octanol–water partition coefficient (Wildman–Crippen LogP) is 6.92. The van der Waals surface area contributed by atoms with Gasteiger partial charge in [0.1, 0.15) is 35.8 Å². The molecule has 3 aromatic rings. The number of rotatable bonds is 16. The molecule has 2 heterocycles. The van der Waals surface area contributed by atoms with Crippen LogP contribution in [0.5, 0.6) is 0 Å². The number of nitrogens with one attached hydrogen (secondary N) is 3. The number of ether oxygens (including phenoxy) is 4. The van der Waals surface area contributed by atoms with E-state index < -0.39 is 84.4 Å². The number of amides is 3. The number of nitrogens with zero attached hydrogens (tertiary/aromatic N) is 2. The molecule has 0 saturated carbocycles. The van der Waals surface area contributed by atoms with Gasteiger partial charge in [-0.3, -0.25) is 9.78 Å². The molecule has 1 aromatic heterocycles. The fraction of sp³-hybridized carbons (Fsp3) is 0.463. The van der Waals surface area contributed by atoms with Crippen LogP contribution in [0.15, 0.2) is 73.3 Å². The van der Waals surface area contributed by atoms with Gasteiger partial charge in [0, 0.05) is 18.0 Å². The minimum absolute atomic E-state index is 0.00903. The smallest absolute Gasteiger partial charge is 0.412 e. The summed E-state index contributed by atoms with van der Waals surface area (Å²) in [4.78, 5) is 44.7. The Morgan fingerprint density at radius 2 is 1.57 bits per heavy atom. The second kappa shape index (κ2) is 20.8. The van der Waals surface area contributed by atoms with E-state index in [2.05, 4.69) is 22.2 Å². The summed E-state index contributed by atoms with van der Waals surface area (Å²) in [5.41, 5.74) is -0.239. The minimum atomic E-state index is -4.70. The zero-order chi connectivity index (χ0) is 44.4. The highest BCUT2D eigenvalue weighted by Crippen LogP contribution is 2.32. The molecular formula is C41H49F6N5O8. The van der Waals surface area contributed by atoms with Gasteiger partial charge < -0.3 is 40.0 Å². The molecule has 0 bridgehead atoms.